The molecule has 0 aliphatic carbocycles. The van der Waals surface area contributed by atoms with Gasteiger partial charge < -0.3 is 19.8 Å². The third kappa shape index (κ3) is 4.24. The second-order valence-corrected chi connectivity index (χ2v) is 6.23. The molecule has 1 aliphatic heterocycles. The van der Waals surface area contributed by atoms with Crippen LogP contribution in [-0.2, 0) is 17.8 Å². The van der Waals surface area contributed by atoms with Crippen LogP contribution in [-0.4, -0.2) is 30.6 Å². The molecule has 0 radical (unpaired) electrons. The molecule has 5 heteroatoms. The van der Waals surface area contributed by atoms with Crippen molar-refractivity contribution < 1.29 is 13.9 Å². The van der Waals surface area contributed by atoms with Crippen LogP contribution >= 0.6 is 0 Å². The largest absolute Gasteiger partial charge is 0.467 e. The zero-order valence-electron chi connectivity index (χ0n) is 13.8. The first-order valence-corrected chi connectivity index (χ1v) is 8.44. The first-order valence-electron chi connectivity index (χ1n) is 8.44. The van der Waals surface area contributed by atoms with E-state index in [0.29, 0.717) is 30.3 Å². The average Bonchev–Trinajstić information content (AvgIpc) is 3.11. The molecule has 1 amide bonds. The van der Waals surface area contributed by atoms with Crippen LogP contribution in [0.25, 0.3) is 0 Å². The molecule has 3 rings (SSSR count). The van der Waals surface area contributed by atoms with Crippen molar-refractivity contribution in [2.45, 2.75) is 25.9 Å². The van der Waals surface area contributed by atoms with E-state index < -0.39 is 0 Å². The fourth-order valence-electron chi connectivity index (χ4n) is 3.05. The molecule has 2 heterocycles. The standard InChI is InChI=1S/C19H24N2O3/c20-11-18-10-17(14-24-18)19(22)21(12-15-4-2-1-3-5-15)13-16-6-8-23-9-7-16/h1-5,10,14,16H,6-9,11-13,20H2. The van der Waals surface area contributed by atoms with Crippen LogP contribution in [0.15, 0.2) is 47.1 Å². The Hall–Kier alpha value is -2.11. The van der Waals surface area contributed by atoms with Crippen molar-refractivity contribution in [2.24, 2.45) is 11.7 Å². The van der Waals surface area contributed by atoms with Crippen LogP contribution in [0, 0.1) is 5.92 Å². The van der Waals surface area contributed by atoms with Gasteiger partial charge >= 0.3 is 0 Å². The van der Waals surface area contributed by atoms with E-state index in [9.17, 15) is 4.79 Å². The highest BCUT2D eigenvalue weighted by molar-refractivity contribution is 5.94. The van der Waals surface area contributed by atoms with Crippen LogP contribution in [0.5, 0.6) is 0 Å². The van der Waals surface area contributed by atoms with Gasteiger partial charge in [-0.3, -0.25) is 4.79 Å². The lowest BCUT2D eigenvalue weighted by Gasteiger charge is -2.29. The van der Waals surface area contributed by atoms with Crippen LogP contribution in [0.2, 0.25) is 0 Å². The fraction of sp³-hybridized carbons (Fsp3) is 0.421. The van der Waals surface area contributed by atoms with E-state index in [-0.39, 0.29) is 5.91 Å². The first-order chi connectivity index (χ1) is 11.8. The molecule has 5 nitrogen and oxygen atoms in total. The minimum absolute atomic E-state index is 0.00575. The van der Waals surface area contributed by atoms with Gasteiger partial charge in [0.05, 0.1) is 12.1 Å². The quantitative estimate of drug-likeness (QED) is 0.885. The number of nitrogens with two attached hydrogens (primary N) is 1. The van der Waals surface area contributed by atoms with Gasteiger partial charge in [-0.25, -0.2) is 0 Å². The highest BCUT2D eigenvalue weighted by atomic mass is 16.5. The van der Waals surface area contributed by atoms with Crippen molar-refractivity contribution in [1.82, 2.24) is 4.90 Å². The number of benzene rings is 1. The summed E-state index contributed by atoms with van der Waals surface area (Å²) in [5.74, 6) is 1.10. The lowest BCUT2D eigenvalue weighted by atomic mass is 9.99. The topological polar surface area (TPSA) is 68.7 Å². The Kier molecular flexibility index (Phi) is 5.67. The molecule has 1 aromatic carbocycles. The van der Waals surface area contributed by atoms with E-state index in [1.807, 2.05) is 35.2 Å². The zero-order valence-corrected chi connectivity index (χ0v) is 13.8. The van der Waals surface area contributed by atoms with E-state index in [1.54, 1.807) is 6.07 Å². The molecule has 1 saturated heterocycles. The highest BCUT2D eigenvalue weighted by Crippen LogP contribution is 2.20. The smallest absolute Gasteiger partial charge is 0.257 e. The van der Waals surface area contributed by atoms with E-state index in [2.05, 4.69) is 0 Å². The number of amides is 1. The summed E-state index contributed by atoms with van der Waals surface area (Å²) in [4.78, 5) is 14.9. The molecule has 0 bridgehead atoms. The first kappa shape index (κ1) is 16.7. The van der Waals surface area contributed by atoms with Crippen molar-refractivity contribution in [2.75, 3.05) is 19.8 Å². The molecule has 0 atom stereocenters. The molecule has 128 valence electrons. The van der Waals surface area contributed by atoms with Gasteiger partial charge in [-0.2, -0.15) is 0 Å². The predicted octanol–water partition coefficient (Wildman–Crippen LogP) is 2.81. The molecule has 1 aromatic heterocycles. The number of carbonyl (C=O) groups excluding carboxylic acids is 1. The van der Waals surface area contributed by atoms with Crippen LogP contribution in [0.1, 0.15) is 34.5 Å². The SMILES string of the molecule is NCc1cc(C(=O)N(Cc2ccccc2)CC2CCOCC2)co1. The summed E-state index contributed by atoms with van der Waals surface area (Å²) in [7, 11) is 0. The van der Waals surface area contributed by atoms with Gasteiger partial charge in [0, 0.05) is 26.3 Å². The van der Waals surface area contributed by atoms with Crippen LogP contribution in [0.3, 0.4) is 0 Å². The normalized spacial score (nSPS) is 15.4. The maximum absolute atomic E-state index is 12.9. The Morgan fingerprint density at radius 1 is 1.21 bits per heavy atom. The van der Waals surface area contributed by atoms with Gasteiger partial charge in [-0.1, -0.05) is 30.3 Å². The molecular formula is C19H24N2O3. The third-order valence-corrected chi connectivity index (χ3v) is 4.42. The number of carbonyl (C=O) groups is 1. The minimum atomic E-state index is -0.00575. The van der Waals surface area contributed by atoms with Gasteiger partial charge in [0.2, 0.25) is 0 Å². The van der Waals surface area contributed by atoms with Gasteiger partial charge in [0.25, 0.3) is 5.91 Å². The molecule has 1 fully saturated rings. The average molecular weight is 328 g/mol. The molecule has 2 aromatic rings. The third-order valence-electron chi connectivity index (χ3n) is 4.42. The molecule has 0 saturated carbocycles. The summed E-state index contributed by atoms with van der Waals surface area (Å²) in [6, 6.07) is 11.8. The number of hydrogen-bond acceptors (Lipinski definition) is 4. The summed E-state index contributed by atoms with van der Waals surface area (Å²) in [6.45, 7) is 3.19. The van der Waals surface area contributed by atoms with Crippen molar-refractivity contribution in [3.05, 3.63) is 59.5 Å². The molecule has 24 heavy (non-hydrogen) atoms. The van der Waals surface area contributed by atoms with Crippen LogP contribution < -0.4 is 5.73 Å². The Bertz CT molecular complexity index is 648. The summed E-state index contributed by atoms with van der Waals surface area (Å²) >= 11 is 0. The van der Waals surface area contributed by atoms with Crippen molar-refractivity contribution >= 4 is 5.91 Å². The zero-order chi connectivity index (χ0) is 16.8. The lowest BCUT2D eigenvalue weighted by molar-refractivity contribution is 0.0445. The number of rotatable bonds is 6. The lowest BCUT2D eigenvalue weighted by Crippen LogP contribution is -2.36. The maximum Gasteiger partial charge on any atom is 0.257 e. The van der Waals surface area contributed by atoms with E-state index in [1.165, 1.54) is 6.26 Å². The second kappa shape index (κ2) is 8.13. The van der Waals surface area contributed by atoms with Crippen molar-refractivity contribution in [1.29, 1.82) is 0 Å². The fourth-order valence-corrected chi connectivity index (χ4v) is 3.05. The Morgan fingerprint density at radius 2 is 1.96 bits per heavy atom. The minimum Gasteiger partial charge on any atom is -0.467 e. The number of nitrogens with zero attached hydrogens (tertiary/aromatic N) is 1. The van der Waals surface area contributed by atoms with Crippen LogP contribution in [0.4, 0.5) is 0 Å². The van der Waals surface area contributed by atoms with Gasteiger partial charge in [0.1, 0.15) is 12.0 Å². The van der Waals surface area contributed by atoms with E-state index in [0.717, 1.165) is 38.2 Å². The number of hydrogen-bond donors (Lipinski definition) is 1. The Morgan fingerprint density at radius 3 is 2.62 bits per heavy atom. The molecular weight excluding hydrogens is 304 g/mol. The van der Waals surface area contributed by atoms with Gasteiger partial charge in [-0.05, 0) is 30.4 Å². The highest BCUT2D eigenvalue weighted by Gasteiger charge is 2.23. The monoisotopic (exact) mass is 328 g/mol. The molecule has 0 spiro atoms. The maximum atomic E-state index is 12.9. The van der Waals surface area contributed by atoms with Crippen molar-refractivity contribution in [3.63, 3.8) is 0 Å². The molecule has 1 aliphatic rings. The molecule has 0 unspecified atom stereocenters. The second-order valence-electron chi connectivity index (χ2n) is 6.23. The van der Waals surface area contributed by atoms with E-state index >= 15 is 0 Å². The summed E-state index contributed by atoms with van der Waals surface area (Å²) < 4.78 is 10.8. The number of furan rings is 1. The van der Waals surface area contributed by atoms with Gasteiger partial charge in [-0.15, -0.1) is 0 Å². The Labute approximate surface area is 142 Å². The predicted molar refractivity (Wildman–Crippen MR) is 91.3 cm³/mol. The summed E-state index contributed by atoms with van der Waals surface area (Å²) in [6.07, 6.45) is 3.50. The summed E-state index contributed by atoms with van der Waals surface area (Å²) in [5.41, 5.74) is 7.27. The van der Waals surface area contributed by atoms with Crippen molar-refractivity contribution in [3.8, 4) is 0 Å². The van der Waals surface area contributed by atoms with Gasteiger partial charge in [0.15, 0.2) is 0 Å². The number of ether oxygens (including phenoxy) is 1. The Balaban J connectivity index is 1.75. The summed E-state index contributed by atoms with van der Waals surface area (Å²) in [5, 5.41) is 0. The van der Waals surface area contributed by atoms with E-state index in [4.69, 9.17) is 14.9 Å². The molecule has 2 N–H and O–H groups in total.